The summed E-state index contributed by atoms with van der Waals surface area (Å²) in [6.07, 6.45) is 5.10. The van der Waals surface area contributed by atoms with Crippen molar-refractivity contribution < 1.29 is 14.3 Å². The molecule has 0 aliphatic carbocycles. The smallest absolute Gasteiger partial charge is 0.238 e. The molecule has 1 amide bonds. The fourth-order valence-corrected chi connectivity index (χ4v) is 1.59. The van der Waals surface area contributed by atoms with Crippen LogP contribution in [0.1, 0.15) is 13.8 Å². The van der Waals surface area contributed by atoms with Crippen LogP contribution in [0, 0.1) is 12.3 Å². The van der Waals surface area contributed by atoms with Crippen LogP contribution in [0.3, 0.4) is 0 Å². The summed E-state index contributed by atoms with van der Waals surface area (Å²) < 4.78 is 10.9. The molecule has 1 rings (SSSR count). The molecule has 0 atom stereocenters. The minimum Gasteiger partial charge on any atom is -0.494 e. The van der Waals surface area contributed by atoms with E-state index in [2.05, 4.69) is 16.6 Å². The first kappa shape index (κ1) is 15.9. The maximum absolute atomic E-state index is 11.8. The zero-order chi connectivity index (χ0) is 14.8. The topological polar surface area (TPSA) is 59.6 Å². The van der Waals surface area contributed by atoms with Crippen molar-refractivity contribution >= 4 is 11.6 Å². The minimum absolute atomic E-state index is 0.147. The number of terminal acetylenes is 1. The molecule has 0 saturated carbocycles. The quantitative estimate of drug-likeness (QED) is 0.560. The number of rotatable bonds is 8. The van der Waals surface area contributed by atoms with Gasteiger partial charge in [0.05, 0.1) is 32.0 Å². The summed E-state index contributed by atoms with van der Waals surface area (Å²) in [5, 5.41) is 5.60. The summed E-state index contributed by atoms with van der Waals surface area (Å²) in [7, 11) is 0. The Hall–Kier alpha value is -2.19. The number of hydrogen-bond acceptors (Lipinski definition) is 4. The summed E-state index contributed by atoms with van der Waals surface area (Å²) in [5.41, 5.74) is 0.588. The fourth-order valence-electron chi connectivity index (χ4n) is 1.59. The van der Waals surface area contributed by atoms with Crippen LogP contribution >= 0.6 is 0 Å². The molecule has 0 radical (unpaired) electrons. The molecule has 0 aromatic heterocycles. The average Bonchev–Trinajstić information content (AvgIpc) is 2.42. The number of amides is 1. The van der Waals surface area contributed by atoms with Crippen LogP contribution in [0.5, 0.6) is 11.5 Å². The zero-order valence-corrected chi connectivity index (χ0v) is 11.9. The second-order valence-corrected chi connectivity index (χ2v) is 3.88. The Labute approximate surface area is 119 Å². The molecular formula is C15H20N2O3. The van der Waals surface area contributed by atoms with E-state index in [1.807, 2.05) is 13.8 Å². The van der Waals surface area contributed by atoms with Crippen molar-refractivity contribution in [2.45, 2.75) is 13.8 Å². The average molecular weight is 276 g/mol. The van der Waals surface area contributed by atoms with Gasteiger partial charge in [0.2, 0.25) is 5.91 Å². The van der Waals surface area contributed by atoms with Gasteiger partial charge >= 0.3 is 0 Å². The SMILES string of the molecule is C#CCNCC(=O)Nc1cc(OCC)ccc1OCC. The zero-order valence-electron chi connectivity index (χ0n) is 11.9. The summed E-state index contributed by atoms with van der Waals surface area (Å²) in [6, 6.07) is 5.33. The molecule has 0 aliphatic rings. The molecule has 0 unspecified atom stereocenters. The number of carbonyl (C=O) groups is 1. The maximum Gasteiger partial charge on any atom is 0.238 e. The van der Waals surface area contributed by atoms with E-state index < -0.39 is 0 Å². The van der Waals surface area contributed by atoms with Crippen molar-refractivity contribution in [2.24, 2.45) is 0 Å². The molecule has 1 aromatic carbocycles. The Kier molecular flexibility index (Phi) is 7.01. The molecule has 1 aromatic rings. The highest BCUT2D eigenvalue weighted by atomic mass is 16.5. The molecule has 2 N–H and O–H groups in total. The van der Waals surface area contributed by atoms with Crippen molar-refractivity contribution in [1.82, 2.24) is 5.32 Å². The van der Waals surface area contributed by atoms with Gasteiger partial charge in [-0.3, -0.25) is 10.1 Å². The van der Waals surface area contributed by atoms with Gasteiger partial charge in [-0.15, -0.1) is 6.42 Å². The van der Waals surface area contributed by atoms with E-state index in [1.54, 1.807) is 18.2 Å². The number of benzene rings is 1. The van der Waals surface area contributed by atoms with Gasteiger partial charge in [-0.1, -0.05) is 5.92 Å². The van der Waals surface area contributed by atoms with E-state index in [-0.39, 0.29) is 12.5 Å². The summed E-state index contributed by atoms with van der Waals surface area (Å²) in [4.78, 5) is 11.8. The fraction of sp³-hybridized carbons (Fsp3) is 0.400. The number of nitrogens with one attached hydrogen (secondary N) is 2. The Morgan fingerprint density at radius 1 is 1.30 bits per heavy atom. The lowest BCUT2D eigenvalue weighted by molar-refractivity contribution is -0.115. The van der Waals surface area contributed by atoms with E-state index in [1.165, 1.54) is 0 Å². The van der Waals surface area contributed by atoms with Crippen molar-refractivity contribution in [2.75, 3.05) is 31.6 Å². The third-order valence-electron chi connectivity index (χ3n) is 2.35. The van der Waals surface area contributed by atoms with E-state index in [9.17, 15) is 4.79 Å². The van der Waals surface area contributed by atoms with Crippen LogP contribution < -0.4 is 20.1 Å². The third kappa shape index (κ3) is 5.21. The molecular weight excluding hydrogens is 256 g/mol. The van der Waals surface area contributed by atoms with Crippen LogP contribution in [-0.4, -0.2) is 32.2 Å². The molecule has 108 valence electrons. The van der Waals surface area contributed by atoms with Crippen LogP contribution in [-0.2, 0) is 4.79 Å². The van der Waals surface area contributed by atoms with Gasteiger partial charge in [0.25, 0.3) is 0 Å². The Morgan fingerprint density at radius 3 is 2.70 bits per heavy atom. The summed E-state index contributed by atoms with van der Waals surface area (Å²) in [5.74, 6) is 3.52. The van der Waals surface area contributed by atoms with Crippen molar-refractivity contribution in [3.8, 4) is 23.8 Å². The second-order valence-electron chi connectivity index (χ2n) is 3.88. The molecule has 0 spiro atoms. The Morgan fingerprint density at radius 2 is 2.05 bits per heavy atom. The van der Waals surface area contributed by atoms with Gasteiger partial charge in [0.15, 0.2) is 0 Å². The highest BCUT2D eigenvalue weighted by Crippen LogP contribution is 2.29. The number of anilines is 1. The summed E-state index contributed by atoms with van der Waals surface area (Å²) in [6.45, 7) is 5.37. The number of hydrogen-bond donors (Lipinski definition) is 2. The van der Waals surface area contributed by atoms with E-state index in [4.69, 9.17) is 15.9 Å². The second kappa shape index (κ2) is 8.83. The van der Waals surface area contributed by atoms with Crippen LogP contribution in [0.4, 0.5) is 5.69 Å². The molecule has 5 heteroatoms. The highest BCUT2D eigenvalue weighted by molar-refractivity contribution is 5.94. The van der Waals surface area contributed by atoms with Crippen LogP contribution in [0.25, 0.3) is 0 Å². The van der Waals surface area contributed by atoms with Gasteiger partial charge in [-0.05, 0) is 26.0 Å². The standard InChI is InChI=1S/C15H20N2O3/c1-4-9-16-11-15(18)17-13-10-12(19-5-2)7-8-14(13)20-6-3/h1,7-8,10,16H,5-6,9,11H2,2-3H3,(H,17,18). The van der Waals surface area contributed by atoms with E-state index in [0.717, 1.165) is 0 Å². The Bertz CT molecular complexity index is 480. The first-order valence-electron chi connectivity index (χ1n) is 6.54. The molecule has 20 heavy (non-hydrogen) atoms. The van der Waals surface area contributed by atoms with Crippen LogP contribution in [0.15, 0.2) is 18.2 Å². The first-order chi connectivity index (χ1) is 9.71. The lowest BCUT2D eigenvalue weighted by atomic mass is 10.2. The number of carbonyl (C=O) groups excluding carboxylic acids is 1. The van der Waals surface area contributed by atoms with Gasteiger partial charge in [0.1, 0.15) is 11.5 Å². The lowest BCUT2D eigenvalue weighted by Gasteiger charge is -2.13. The van der Waals surface area contributed by atoms with E-state index >= 15 is 0 Å². The van der Waals surface area contributed by atoms with Crippen LogP contribution in [0.2, 0.25) is 0 Å². The summed E-state index contributed by atoms with van der Waals surface area (Å²) >= 11 is 0. The van der Waals surface area contributed by atoms with Gasteiger partial charge in [-0.2, -0.15) is 0 Å². The normalized spacial score (nSPS) is 9.65. The van der Waals surface area contributed by atoms with Gasteiger partial charge in [0, 0.05) is 6.07 Å². The minimum atomic E-state index is -0.185. The number of ether oxygens (including phenoxy) is 2. The molecule has 0 fully saturated rings. The molecule has 0 heterocycles. The lowest BCUT2D eigenvalue weighted by Crippen LogP contribution is -2.28. The molecule has 0 bridgehead atoms. The van der Waals surface area contributed by atoms with Crippen molar-refractivity contribution in [1.29, 1.82) is 0 Å². The van der Waals surface area contributed by atoms with E-state index in [0.29, 0.717) is 36.9 Å². The van der Waals surface area contributed by atoms with Crippen molar-refractivity contribution in [3.05, 3.63) is 18.2 Å². The highest BCUT2D eigenvalue weighted by Gasteiger charge is 2.09. The third-order valence-corrected chi connectivity index (χ3v) is 2.35. The van der Waals surface area contributed by atoms with Gasteiger partial charge in [-0.25, -0.2) is 0 Å². The monoisotopic (exact) mass is 276 g/mol. The van der Waals surface area contributed by atoms with Gasteiger partial charge < -0.3 is 14.8 Å². The molecule has 0 saturated heterocycles. The first-order valence-corrected chi connectivity index (χ1v) is 6.54. The molecule has 5 nitrogen and oxygen atoms in total. The molecule has 0 aliphatic heterocycles. The Balaban J connectivity index is 2.75. The predicted molar refractivity (Wildman–Crippen MR) is 79.1 cm³/mol. The predicted octanol–water partition coefficient (Wildman–Crippen LogP) is 1.65. The maximum atomic E-state index is 11.8. The van der Waals surface area contributed by atoms with Crippen molar-refractivity contribution in [3.63, 3.8) is 0 Å². The largest absolute Gasteiger partial charge is 0.494 e.